The van der Waals surface area contributed by atoms with Crippen LogP contribution in [0.3, 0.4) is 0 Å². The lowest BCUT2D eigenvalue weighted by atomic mass is 10.3. The maximum atomic E-state index is 10.4. The van der Waals surface area contributed by atoms with Gasteiger partial charge in [0.15, 0.2) is 0 Å². The first kappa shape index (κ1) is 14.2. The molecule has 0 aromatic carbocycles. The highest BCUT2D eigenvalue weighted by Gasteiger charge is 2.10. The minimum Gasteiger partial charge on any atom is -0.475 e. The third-order valence-corrected chi connectivity index (χ3v) is 3.28. The molecule has 0 aliphatic rings. The van der Waals surface area contributed by atoms with Crippen LogP contribution in [0.15, 0.2) is 15.0 Å². The normalized spacial score (nSPS) is 12.0. The molecule has 2 N–H and O–H groups in total. The highest BCUT2D eigenvalue weighted by Crippen LogP contribution is 2.28. The summed E-state index contributed by atoms with van der Waals surface area (Å²) in [5, 5.41) is 10.8. The van der Waals surface area contributed by atoms with Gasteiger partial charge in [-0.05, 0) is 51.8 Å². The predicted octanol–water partition coefficient (Wildman–Crippen LogP) is 2.95. The standard InChI is InChI=1S/C10H12Br2N2O3/c1-5(13-10(15)16)4-17-9-8(12)3-7(11)6(2)14-9/h3,5,13H,4H2,1-2H3,(H,15,16)/t5-/m0/s1. The van der Waals surface area contributed by atoms with Crippen molar-refractivity contribution in [2.75, 3.05) is 6.61 Å². The molecule has 1 aromatic heterocycles. The van der Waals surface area contributed by atoms with Crippen molar-refractivity contribution in [3.05, 3.63) is 20.7 Å². The van der Waals surface area contributed by atoms with Crippen molar-refractivity contribution in [2.24, 2.45) is 0 Å². The van der Waals surface area contributed by atoms with Crippen molar-refractivity contribution < 1.29 is 14.6 Å². The Balaban J connectivity index is 2.63. The van der Waals surface area contributed by atoms with Crippen LogP contribution in [0.4, 0.5) is 4.79 Å². The molecule has 0 saturated carbocycles. The summed E-state index contributed by atoms with van der Waals surface area (Å²) in [5.41, 5.74) is 0.807. The zero-order chi connectivity index (χ0) is 13.0. The van der Waals surface area contributed by atoms with E-state index in [0.717, 1.165) is 14.6 Å². The molecule has 0 fully saturated rings. The van der Waals surface area contributed by atoms with Crippen molar-refractivity contribution in [2.45, 2.75) is 19.9 Å². The van der Waals surface area contributed by atoms with Crippen LogP contribution < -0.4 is 10.1 Å². The number of halogens is 2. The zero-order valence-electron chi connectivity index (χ0n) is 9.33. The van der Waals surface area contributed by atoms with Gasteiger partial charge in [0.2, 0.25) is 5.88 Å². The number of nitrogens with zero attached hydrogens (tertiary/aromatic N) is 1. The Kier molecular flexibility index (Phi) is 5.20. The van der Waals surface area contributed by atoms with Crippen molar-refractivity contribution in [1.82, 2.24) is 10.3 Å². The van der Waals surface area contributed by atoms with E-state index in [1.165, 1.54) is 0 Å². The molecule has 0 bridgehead atoms. The number of amides is 1. The molecule has 0 radical (unpaired) electrons. The molecule has 1 heterocycles. The van der Waals surface area contributed by atoms with Gasteiger partial charge in [0.05, 0.1) is 16.2 Å². The minimum absolute atomic E-state index is 0.221. The lowest BCUT2D eigenvalue weighted by molar-refractivity contribution is 0.182. The molecular formula is C10H12Br2N2O3. The summed E-state index contributed by atoms with van der Waals surface area (Å²) in [5.74, 6) is 0.449. The molecule has 0 aliphatic carbocycles. The van der Waals surface area contributed by atoms with Gasteiger partial charge in [0.1, 0.15) is 6.61 Å². The topological polar surface area (TPSA) is 71.5 Å². The summed E-state index contributed by atoms with van der Waals surface area (Å²) in [7, 11) is 0. The van der Waals surface area contributed by atoms with E-state index in [2.05, 4.69) is 42.2 Å². The van der Waals surface area contributed by atoms with Crippen LogP contribution in [-0.4, -0.2) is 28.8 Å². The van der Waals surface area contributed by atoms with Crippen molar-refractivity contribution in [3.8, 4) is 5.88 Å². The quantitative estimate of drug-likeness (QED) is 0.858. The van der Waals surface area contributed by atoms with Gasteiger partial charge < -0.3 is 15.2 Å². The van der Waals surface area contributed by atoms with Gasteiger partial charge in [0, 0.05) is 4.47 Å². The Hall–Kier alpha value is -0.820. The van der Waals surface area contributed by atoms with Gasteiger partial charge >= 0.3 is 6.09 Å². The number of nitrogens with one attached hydrogen (secondary N) is 1. The maximum Gasteiger partial charge on any atom is 0.404 e. The Labute approximate surface area is 116 Å². The smallest absolute Gasteiger partial charge is 0.404 e. The van der Waals surface area contributed by atoms with Gasteiger partial charge in [-0.1, -0.05) is 0 Å². The van der Waals surface area contributed by atoms with E-state index in [0.29, 0.717) is 5.88 Å². The fourth-order valence-corrected chi connectivity index (χ4v) is 2.15. The molecule has 5 nitrogen and oxygen atoms in total. The monoisotopic (exact) mass is 366 g/mol. The zero-order valence-corrected chi connectivity index (χ0v) is 12.5. The maximum absolute atomic E-state index is 10.4. The van der Waals surface area contributed by atoms with Crippen LogP contribution in [0.2, 0.25) is 0 Å². The number of rotatable bonds is 4. The second kappa shape index (κ2) is 6.20. The number of aryl methyl sites for hydroxylation is 1. The molecule has 94 valence electrons. The first-order chi connectivity index (χ1) is 7.90. The summed E-state index contributed by atoms with van der Waals surface area (Å²) in [6.07, 6.45) is -1.07. The van der Waals surface area contributed by atoms with E-state index in [4.69, 9.17) is 9.84 Å². The van der Waals surface area contributed by atoms with E-state index < -0.39 is 6.09 Å². The molecule has 0 unspecified atom stereocenters. The largest absolute Gasteiger partial charge is 0.475 e. The van der Waals surface area contributed by atoms with E-state index in [9.17, 15) is 4.79 Å². The molecule has 1 atom stereocenters. The Bertz CT molecular complexity index is 426. The average Bonchev–Trinajstić information content (AvgIpc) is 2.20. The molecule has 17 heavy (non-hydrogen) atoms. The van der Waals surface area contributed by atoms with Crippen LogP contribution in [-0.2, 0) is 0 Å². The van der Waals surface area contributed by atoms with Crippen LogP contribution in [0.1, 0.15) is 12.6 Å². The lowest BCUT2D eigenvalue weighted by Gasteiger charge is -2.13. The van der Waals surface area contributed by atoms with Crippen LogP contribution in [0.5, 0.6) is 5.88 Å². The molecule has 0 spiro atoms. The predicted molar refractivity (Wildman–Crippen MR) is 70.5 cm³/mol. The number of hydrogen-bond donors (Lipinski definition) is 2. The third kappa shape index (κ3) is 4.51. The molecule has 7 heteroatoms. The minimum atomic E-state index is -1.07. The van der Waals surface area contributed by atoms with Gasteiger partial charge in [-0.2, -0.15) is 0 Å². The number of carboxylic acid groups (broad SMARTS) is 1. The van der Waals surface area contributed by atoms with E-state index in [-0.39, 0.29) is 12.6 Å². The van der Waals surface area contributed by atoms with Crippen LogP contribution >= 0.6 is 31.9 Å². The molecular weight excluding hydrogens is 356 g/mol. The molecule has 1 amide bonds. The summed E-state index contributed by atoms with van der Waals surface area (Å²) in [6, 6.07) is 1.54. The summed E-state index contributed by atoms with van der Waals surface area (Å²) >= 11 is 6.68. The van der Waals surface area contributed by atoms with Crippen molar-refractivity contribution in [1.29, 1.82) is 0 Å². The summed E-state index contributed by atoms with van der Waals surface area (Å²) < 4.78 is 7.03. The first-order valence-electron chi connectivity index (χ1n) is 4.85. The molecule has 0 aliphatic heterocycles. The van der Waals surface area contributed by atoms with E-state index in [1.807, 2.05) is 13.0 Å². The lowest BCUT2D eigenvalue weighted by Crippen LogP contribution is -2.35. The second-order valence-electron chi connectivity index (χ2n) is 3.50. The SMILES string of the molecule is Cc1nc(OC[C@H](C)NC(=O)O)c(Br)cc1Br. The second-order valence-corrected chi connectivity index (χ2v) is 5.21. The molecule has 0 saturated heterocycles. The highest BCUT2D eigenvalue weighted by atomic mass is 79.9. The number of pyridine rings is 1. The van der Waals surface area contributed by atoms with Gasteiger partial charge in [0.25, 0.3) is 0 Å². The molecule has 1 aromatic rings. The highest BCUT2D eigenvalue weighted by molar-refractivity contribution is 9.11. The number of hydrogen-bond acceptors (Lipinski definition) is 3. The van der Waals surface area contributed by atoms with Gasteiger partial charge in [-0.25, -0.2) is 9.78 Å². The van der Waals surface area contributed by atoms with Crippen LogP contribution in [0, 0.1) is 6.92 Å². The fraction of sp³-hybridized carbons (Fsp3) is 0.400. The van der Waals surface area contributed by atoms with Gasteiger partial charge in [-0.15, -0.1) is 0 Å². The molecule has 1 rings (SSSR count). The first-order valence-corrected chi connectivity index (χ1v) is 6.43. The number of ether oxygens (including phenoxy) is 1. The van der Waals surface area contributed by atoms with E-state index in [1.54, 1.807) is 6.92 Å². The van der Waals surface area contributed by atoms with Crippen molar-refractivity contribution >= 4 is 38.0 Å². The summed E-state index contributed by atoms with van der Waals surface area (Å²) in [6.45, 7) is 3.79. The number of aromatic nitrogens is 1. The fourth-order valence-electron chi connectivity index (χ4n) is 1.09. The summed E-state index contributed by atoms with van der Waals surface area (Å²) in [4.78, 5) is 14.6. The average molecular weight is 368 g/mol. The Morgan fingerprint density at radius 3 is 2.82 bits per heavy atom. The van der Waals surface area contributed by atoms with E-state index >= 15 is 0 Å². The van der Waals surface area contributed by atoms with Crippen LogP contribution in [0.25, 0.3) is 0 Å². The van der Waals surface area contributed by atoms with Crippen molar-refractivity contribution in [3.63, 3.8) is 0 Å². The Morgan fingerprint density at radius 2 is 2.24 bits per heavy atom. The third-order valence-electron chi connectivity index (χ3n) is 1.91. The number of carbonyl (C=O) groups is 1. The van der Waals surface area contributed by atoms with Gasteiger partial charge in [-0.3, -0.25) is 0 Å². The Morgan fingerprint density at radius 1 is 1.59 bits per heavy atom.